The summed E-state index contributed by atoms with van der Waals surface area (Å²) in [6, 6.07) is 5.28. The van der Waals surface area contributed by atoms with Crippen LogP contribution in [0.5, 0.6) is 0 Å². The van der Waals surface area contributed by atoms with E-state index in [1.165, 1.54) is 19.2 Å². The highest BCUT2D eigenvalue weighted by molar-refractivity contribution is 5.81. The number of rotatable bonds is 4. The third kappa shape index (κ3) is 3.99. The lowest BCUT2D eigenvalue weighted by Crippen LogP contribution is -2.53. The van der Waals surface area contributed by atoms with Crippen LogP contribution in [0.1, 0.15) is 24.4 Å². The summed E-state index contributed by atoms with van der Waals surface area (Å²) in [6.07, 6.45) is 1.38. The Morgan fingerprint density at radius 2 is 1.88 bits per heavy atom. The van der Waals surface area contributed by atoms with Crippen molar-refractivity contribution in [3.8, 4) is 0 Å². The molecule has 0 bridgehead atoms. The molecule has 1 amide bonds. The highest BCUT2D eigenvalue weighted by atomic mass is 19.1. The molecule has 2 unspecified atom stereocenters. The first-order valence-corrected chi connectivity index (χ1v) is 8.58. The number of carbonyl (C=O) groups is 2. The third-order valence-corrected chi connectivity index (χ3v) is 4.81. The highest BCUT2D eigenvalue weighted by Gasteiger charge is 2.35. The van der Waals surface area contributed by atoms with Crippen LogP contribution in [0.3, 0.4) is 0 Å². The van der Waals surface area contributed by atoms with Gasteiger partial charge in [0, 0.05) is 32.8 Å². The zero-order valence-corrected chi connectivity index (χ0v) is 14.3. The number of esters is 1. The molecule has 0 aromatic heterocycles. The van der Waals surface area contributed by atoms with Crippen LogP contribution in [0.15, 0.2) is 24.3 Å². The van der Waals surface area contributed by atoms with Gasteiger partial charge in [-0.15, -0.1) is 0 Å². The minimum atomic E-state index is -0.592. The Kier molecular flexibility index (Phi) is 5.65. The summed E-state index contributed by atoms with van der Waals surface area (Å²) in [6.45, 7) is 2.82. The van der Waals surface area contributed by atoms with E-state index in [2.05, 4.69) is 0 Å². The lowest BCUT2D eigenvalue weighted by atomic mass is 10.0. The molecule has 0 spiro atoms. The van der Waals surface area contributed by atoms with Crippen molar-refractivity contribution >= 4 is 11.9 Å². The maximum absolute atomic E-state index is 13.2. The van der Waals surface area contributed by atoms with Crippen LogP contribution in [0, 0.1) is 5.82 Å². The number of hydrogen-bond donors (Lipinski definition) is 0. The summed E-state index contributed by atoms with van der Waals surface area (Å²) in [7, 11) is 1.34. The molecule has 0 N–H and O–H groups in total. The Labute approximate surface area is 146 Å². The van der Waals surface area contributed by atoms with Crippen LogP contribution in [0.25, 0.3) is 0 Å². The van der Waals surface area contributed by atoms with E-state index in [1.54, 1.807) is 17.0 Å². The van der Waals surface area contributed by atoms with E-state index in [9.17, 15) is 14.0 Å². The van der Waals surface area contributed by atoms with E-state index in [-0.39, 0.29) is 23.8 Å². The predicted octanol–water partition coefficient (Wildman–Crippen LogP) is 1.36. The van der Waals surface area contributed by atoms with E-state index in [4.69, 9.17) is 9.47 Å². The minimum Gasteiger partial charge on any atom is -0.468 e. The highest BCUT2D eigenvalue weighted by Crippen LogP contribution is 2.25. The molecule has 136 valence electrons. The molecule has 2 aliphatic rings. The first kappa shape index (κ1) is 17.8. The second kappa shape index (κ2) is 7.93. The first-order chi connectivity index (χ1) is 12.1. The number of halogens is 1. The number of hydrogen-bond acceptors (Lipinski definition) is 5. The molecule has 1 aromatic carbocycles. The van der Waals surface area contributed by atoms with E-state index >= 15 is 0 Å². The van der Waals surface area contributed by atoms with Crippen LogP contribution in [0.4, 0.5) is 4.39 Å². The molecule has 2 aliphatic heterocycles. The average molecular weight is 350 g/mol. The standard InChI is InChI=1S/C18H23FN2O4/c1-24-18(23)16(13-4-6-14(19)7-5-13)20-8-10-21(11-9-20)17(22)15-3-2-12-25-15/h4-7,15-16H,2-3,8-12H2,1H3. The Bertz CT molecular complexity index is 608. The van der Waals surface area contributed by atoms with Crippen LogP contribution >= 0.6 is 0 Å². The van der Waals surface area contributed by atoms with Crippen molar-refractivity contribution in [3.05, 3.63) is 35.6 Å². The number of amides is 1. The van der Waals surface area contributed by atoms with Gasteiger partial charge in [-0.1, -0.05) is 12.1 Å². The summed E-state index contributed by atoms with van der Waals surface area (Å²) in [5.41, 5.74) is 0.687. The largest absolute Gasteiger partial charge is 0.468 e. The van der Waals surface area contributed by atoms with Gasteiger partial charge in [0.1, 0.15) is 18.0 Å². The van der Waals surface area contributed by atoms with E-state index in [0.29, 0.717) is 38.3 Å². The molecule has 25 heavy (non-hydrogen) atoms. The summed E-state index contributed by atoms with van der Waals surface area (Å²) >= 11 is 0. The molecule has 3 rings (SSSR count). The first-order valence-electron chi connectivity index (χ1n) is 8.58. The fraction of sp³-hybridized carbons (Fsp3) is 0.556. The summed E-state index contributed by atoms with van der Waals surface area (Å²) in [5.74, 6) is -0.696. The van der Waals surface area contributed by atoms with Gasteiger partial charge in [-0.25, -0.2) is 9.18 Å². The fourth-order valence-corrected chi connectivity index (χ4v) is 3.43. The van der Waals surface area contributed by atoms with Gasteiger partial charge in [-0.3, -0.25) is 9.69 Å². The normalized spacial score (nSPS) is 22.6. The molecule has 7 heteroatoms. The predicted molar refractivity (Wildman–Crippen MR) is 88.3 cm³/mol. The van der Waals surface area contributed by atoms with Crippen molar-refractivity contribution in [1.29, 1.82) is 0 Å². The molecular weight excluding hydrogens is 327 g/mol. The summed E-state index contributed by atoms with van der Waals surface area (Å²) in [4.78, 5) is 28.5. The van der Waals surface area contributed by atoms with Crippen molar-refractivity contribution in [1.82, 2.24) is 9.80 Å². The maximum atomic E-state index is 13.2. The SMILES string of the molecule is COC(=O)C(c1ccc(F)cc1)N1CCN(C(=O)C2CCCO2)CC1. The number of nitrogens with zero attached hydrogens (tertiary/aromatic N) is 2. The second-order valence-corrected chi connectivity index (χ2v) is 6.34. The number of carbonyl (C=O) groups excluding carboxylic acids is 2. The lowest BCUT2D eigenvalue weighted by molar-refractivity contribution is -0.149. The van der Waals surface area contributed by atoms with E-state index in [1.807, 2.05) is 4.90 Å². The van der Waals surface area contributed by atoms with Gasteiger partial charge in [-0.05, 0) is 30.5 Å². The van der Waals surface area contributed by atoms with Crippen LogP contribution in [-0.4, -0.2) is 67.7 Å². The van der Waals surface area contributed by atoms with Crippen molar-refractivity contribution in [2.45, 2.75) is 25.0 Å². The smallest absolute Gasteiger partial charge is 0.327 e. The lowest BCUT2D eigenvalue weighted by Gasteiger charge is -2.38. The van der Waals surface area contributed by atoms with Crippen molar-refractivity contribution < 1.29 is 23.5 Å². The molecule has 0 radical (unpaired) electrons. The summed E-state index contributed by atoms with van der Waals surface area (Å²) < 4.78 is 23.6. The Morgan fingerprint density at radius 1 is 1.20 bits per heavy atom. The molecule has 0 aliphatic carbocycles. The van der Waals surface area contributed by atoms with Gasteiger partial charge < -0.3 is 14.4 Å². The number of ether oxygens (including phenoxy) is 2. The number of methoxy groups -OCH3 is 1. The van der Waals surface area contributed by atoms with E-state index in [0.717, 1.165) is 12.8 Å². The van der Waals surface area contributed by atoms with Crippen LogP contribution < -0.4 is 0 Å². The zero-order chi connectivity index (χ0) is 17.8. The monoisotopic (exact) mass is 350 g/mol. The van der Waals surface area contributed by atoms with Gasteiger partial charge in [0.25, 0.3) is 5.91 Å². The van der Waals surface area contributed by atoms with Crippen LogP contribution in [0.2, 0.25) is 0 Å². The zero-order valence-electron chi connectivity index (χ0n) is 14.3. The molecule has 0 saturated carbocycles. The van der Waals surface area contributed by atoms with Crippen molar-refractivity contribution in [3.63, 3.8) is 0 Å². The molecule has 2 fully saturated rings. The van der Waals surface area contributed by atoms with Crippen molar-refractivity contribution in [2.24, 2.45) is 0 Å². The number of benzene rings is 1. The third-order valence-electron chi connectivity index (χ3n) is 4.81. The van der Waals surface area contributed by atoms with E-state index < -0.39 is 6.04 Å². The Balaban J connectivity index is 1.66. The van der Waals surface area contributed by atoms with Gasteiger partial charge in [0.15, 0.2) is 0 Å². The average Bonchev–Trinajstić information content (AvgIpc) is 3.18. The minimum absolute atomic E-state index is 0.0357. The van der Waals surface area contributed by atoms with Gasteiger partial charge >= 0.3 is 5.97 Å². The van der Waals surface area contributed by atoms with Crippen LogP contribution in [-0.2, 0) is 19.1 Å². The Hall–Kier alpha value is -1.99. The molecule has 6 nitrogen and oxygen atoms in total. The second-order valence-electron chi connectivity index (χ2n) is 6.34. The molecule has 2 heterocycles. The van der Waals surface area contributed by atoms with Crippen molar-refractivity contribution in [2.75, 3.05) is 39.9 Å². The molecule has 2 atom stereocenters. The fourth-order valence-electron chi connectivity index (χ4n) is 3.43. The quantitative estimate of drug-likeness (QED) is 0.768. The Morgan fingerprint density at radius 3 is 2.44 bits per heavy atom. The van der Waals surface area contributed by atoms with Gasteiger partial charge in [0.05, 0.1) is 7.11 Å². The number of piperazine rings is 1. The summed E-state index contributed by atoms with van der Waals surface area (Å²) in [5, 5.41) is 0. The molecule has 1 aromatic rings. The molecular formula is C18H23FN2O4. The van der Waals surface area contributed by atoms with Gasteiger partial charge in [-0.2, -0.15) is 0 Å². The van der Waals surface area contributed by atoms with Gasteiger partial charge in [0.2, 0.25) is 0 Å². The topological polar surface area (TPSA) is 59.1 Å². The molecule has 2 saturated heterocycles. The maximum Gasteiger partial charge on any atom is 0.327 e.